The summed E-state index contributed by atoms with van der Waals surface area (Å²) in [7, 11) is 0. The van der Waals surface area contributed by atoms with Crippen molar-refractivity contribution in [1.29, 1.82) is 0 Å². The molecule has 0 bridgehead atoms. The highest BCUT2D eigenvalue weighted by molar-refractivity contribution is 6.08. The Bertz CT molecular complexity index is 619. The van der Waals surface area contributed by atoms with Crippen molar-refractivity contribution in [2.75, 3.05) is 11.4 Å². The molecule has 0 aliphatic carbocycles. The highest BCUT2D eigenvalue weighted by atomic mass is 16.4. The van der Waals surface area contributed by atoms with Gasteiger partial charge >= 0.3 is 5.97 Å². The van der Waals surface area contributed by atoms with Crippen LogP contribution in [0.25, 0.3) is 0 Å². The minimum Gasteiger partial charge on any atom is -0.478 e. The summed E-state index contributed by atoms with van der Waals surface area (Å²) in [6, 6.07) is 5.19. The Morgan fingerprint density at radius 2 is 2.05 bits per heavy atom. The van der Waals surface area contributed by atoms with Crippen molar-refractivity contribution in [2.45, 2.75) is 26.2 Å². The number of hydrogen-bond acceptors (Lipinski definition) is 3. The summed E-state index contributed by atoms with van der Waals surface area (Å²) in [5, 5.41) is 8.56. The van der Waals surface area contributed by atoms with Crippen LogP contribution in [0, 0.1) is 0 Å². The molecule has 1 aliphatic rings. The molecule has 1 heterocycles. The van der Waals surface area contributed by atoms with Gasteiger partial charge in [0.05, 0.1) is 0 Å². The molecule has 2 rings (SSSR count). The van der Waals surface area contributed by atoms with Crippen LogP contribution in [0.15, 0.2) is 30.4 Å². The molecule has 0 radical (unpaired) electrons. The van der Waals surface area contributed by atoms with Crippen LogP contribution >= 0.6 is 0 Å². The molecule has 0 atom stereocenters. The zero-order valence-corrected chi connectivity index (χ0v) is 11.8. The molecule has 0 saturated carbocycles. The summed E-state index contributed by atoms with van der Waals surface area (Å²) < 4.78 is 0. The first-order valence-corrected chi connectivity index (χ1v) is 6.91. The molecule has 1 aromatic carbocycles. The lowest BCUT2D eigenvalue weighted by Gasteiger charge is -2.29. The van der Waals surface area contributed by atoms with Crippen molar-refractivity contribution in [3.8, 4) is 0 Å². The molecule has 5 heteroatoms. The second-order valence-corrected chi connectivity index (χ2v) is 4.88. The van der Waals surface area contributed by atoms with Crippen molar-refractivity contribution in [2.24, 2.45) is 0 Å². The number of carbonyl (C=O) groups excluding carboxylic acids is 2. The lowest BCUT2D eigenvalue weighted by Crippen LogP contribution is -2.35. The van der Waals surface area contributed by atoms with Gasteiger partial charge in [-0.05, 0) is 30.5 Å². The predicted molar refractivity (Wildman–Crippen MR) is 78.5 cm³/mol. The Hall–Kier alpha value is -2.43. The summed E-state index contributed by atoms with van der Waals surface area (Å²) in [6.07, 6.45) is 4.04. The molecular weight excluding hydrogens is 270 g/mol. The quantitative estimate of drug-likeness (QED) is 0.680. The van der Waals surface area contributed by atoms with Gasteiger partial charge in [0.15, 0.2) is 5.78 Å². The van der Waals surface area contributed by atoms with Crippen LogP contribution in [0.3, 0.4) is 0 Å². The highest BCUT2D eigenvalue weighted by Gasteiger charge is 2.22. The van der Waals surface area contributed by atoms with Crippen molar-refractivity contribution in [3.63, 3.8) is 0 Å². The van der Waals surface area contributed by atoms with E-state index in [0.717, 1.165) is 36.2 Å². The Balaban J connectivity index is 2.34. The van der Waals surface area contributed by atoms with E-state index in [-0.39, 0.29) is 11.7 Å². The fourth-order valence-corrected chi connectivity index (χ4v) is 2.42. The first-order valence-electron chi connectivity index (χ1n) is 6.91. The molecule has 0 fully saturated rings. The fourth-order valence-electron chi connectivity index (χ4n) is 2.42. The topological polar surface area (TPSA) is 74.7 Å². The van der Waals surface area contributed by atoms with Crippen molar-refractivity contribution in [3.05, 3.63) is 41.5 Å². The normalized spacial score (nSPS) is 14.0. The molecule has 1 amide bonds. The maximum Gasteiger partial charge on any atom is 0.328 e. The van der Waals surface area contributed by atoms with Crippen LogP contribution in [0.1, 0.15) is 35.7 Å². The number of aryl methyl sites for hydroxylation is 1. The molecule has 1 aliphatic heterocycles. The summed E-state index contributed by atoms with van der Waals surface area (Å²) in [6.45, 7) is 2.46. The van der Waals surface area contributed by atoms with Gasteiger partial charge in [-0.25, -0.2) is 4.79 Å². The van der Waals surface area contributed by atoms with Gasteiger partial charge in [-0.3, -0.25) is 9.59 Å². The SMILES string of the molecule is CCC(=O)N1CCCc2ccc(C(=O)/C=C/C(=O)O)cc21. The minimum atomic E-state index is -1.16. The first kappa shape index (κ1) is 15.0. The number of carboxylic acid groups (broad SMARTS) is 1. The molecule has 0 aromatic heterocycles. The van der Waals surface area contributed by atoms with Crippen molar-refractivity contribution in [1.82, 2.24) is 0 Å². The smallest absolute Gasteiger partial charge is 0.328 e. The van der Waals surface area contributed by atoms with Crippen molar-refractivity contribution >= 4 is 23.3 Å². The molecule has 21 heavy (non-hydrogen) atoms. The molecular formula is C16H17NO4. The maximum absolute atomic E-state index is 12.0. The molecule has 0 spiro atoms. The van der Waals surface area contributed by atoms with E-state index in [1.54, 1.807) is 24.0 Å². The molecule has 110 valence electrons. The number of hydrogen-bond donors (Lipinski definition) is 1. The summed E-state index contributed by atoms with van der Waals surface area (Å²) >= 11 is 0. The van der Waals surface area contributed by atoms with Crippen LogP contribution in [-0.4, -0.2) is 29.3 Å². The van der Waals surface area contributed by atoms with Gasteiger partial charge in [0.25, 0.3) is 0 Å². The van der Waals surface area contributed by atoms with Crippen LogP contribution in [0.2, 0.25) is 0 Å². The van der Waals surface area contributed by atoms with Gasteiger partial charge in [-0.2, -0.15) is 0 Å². The van der Waals surface area contributed by atoms with Crippen LogP contribution in [0.5, 0.6) is 0 Å². The molecule has 5 nitrogen and oxygen atoms in total. The number of nitrogens with zero attached hydrogens (tertiary/aromatic N) is 1. The van der Waals surface area contributed by atoms with E-state index in [9.17, 15) is 14.4 Å². The largest absolute Gasteiger partial charge is 0.478 e. The highest BCUT2D eigenvalue weighted by Crippen LogP contribution is 2.29. The molecule has 0 saturated heterocycles. The third kappa shape index (κ3) is 3.37. The molecule has 1 N–H and O–H groups in total. The van der Waals surface area contributed by atoms with Crippen molar-refractivity contribution < 1.29 is 19.5 Å². The second-order valence-electron chi connectivity index (χ2n) is 4.88. The molecule has 1 aromatic rings. The first-order chi connectivity index (χ1) is 10.0. The fraction of sp³-hybridized carbons (Fsp3) is 0.312. The van der Waals surface area contributed by atoms with Gasteiger partial charge in [-0.1, -0.05) is 19.1 Å². The Morgan fingerprint density at radius 3 is 2.71 bits per heavy atom. The number of carbonyl (C=O) groups is 3. The zero-order valence-electron chi connectivity index (χ0n) is 11.8. The average Bonchev–Trinajstić information content (AvgIpc) is 2.50. The van der Waals surface area contributed by atoms with E-state index in [2.05, 4.69) is 0 Å². The number of amides is 1. The number of rotatable bonds is 4. The Morgan fingerprint density at radius 1 is 1.29 bits per heavy atom. The lowest BCUT2D eigenvalue weighted by molar-refractivity contribution is -0.131. The third-order valence-electron chi connectivity index (χ3n) is 3.47. The Labute approximate surface area is 122 Å². The predicted octanol–water partition coefficient (Wildman–Crippen LogP) is 2.20. The van der Waals surface area contributed by atoms with Gasteiger partial charge in [0, 0.05) is 30.3 Å². The van der Waals surface area contributed by atoms with E-state index < -0.39 is 5.97 Å². The minimum absolute atomic E-state index is 0.0293. The number of carboxylic acids is 1. The Kier molecular flexibility index (Phi) is 4.52. The van der Waals surface area contributed by atoms with Gasteiger partial charge in [0.1, 0.15) is 0 Å². The number of anilines is 1. The van der Waals surface area contributed by atoms with Crippen LogP contribution < -0.4 is 4.90 Å². The molecule has 0 unspecified atom stereocenters. The van der Waals surface area contributed by atoms with E-state index in [4.69, 9.17) is 5.11 Å². The van der Waals surface area contributed by atoms with E-state index in [1.807, 2.05) is 6.07 Å². The van der Waals surface area contributed by atoms with Crippen LogP contribution in [0.4, 0.5) is 5.69 Å². The summed E-state index contributed by atoms with van der Waals surface area (Å²) in [5.41, 5.74) is 2.20. The summed E-state index contributed by atoms with van der Waals surface area (Å²) in [4.78, 5) is 36.1. The van der Waals surface area contributed by atoms with E-state index >= 15 is 0 Å². The number of allylic oxidation sites excluding steroid dienone is 1. The number of fused-ring (bicyclic) bond motifs is 1. The van der Waals surface area contributed by atoms with Crippen LogP contribution in [-0.2, 0) is 16.0 Å². The number of benzene rings is 1. The third-order valence-corrected chi connectivity index (χ3v) is 3.47. The van der Waals surface area contributed by atoms with Gasteiger partial charge in [-0.15, -0.1) is 0 Å². The second kappa shape index (κ2) is 6.35. The van der Waals surface area contributed by atoms with E-state index in [0.29, 0.717) is 18.5 Å². The van der Waals surface area contributed by atoms with E-state index in [1.165, 1.54) is 0 Å². The van der Waals surface area contributed by atoms with Gasteiger partial charge < -0.3 is 10.0 Å². The monoisotopic (exact) mass is 287 g/mol. The number of aliphatic carboxylic acids is 1. The maximum atomic E-state index is 12.0. The standard InChI is InChI=1S/C16H17NO4/c1-2-15(19)17-9-3-4-11-5-6-12(10-13(11)17)14(18)7-8-16(20)21/h5-8,10H,2-4,9H2,1H3,(H,20,21)/b8-7+. The average molecular weight is 287 g/mol. The summed E-state index contributed by atoms with van der Waals surface area (Å²) in [5.74, 6) is -1.51. The number of ketones is 1. The lowest BCUT2D eigenvalue weighted by atomic mass is 9.97. The zero-order chi connectivity index (χ0) is 15.4. The van der Waals surface area contributed by atoms with Gasteiger partial charge in [0.2, 0.25) is 5.91 Å².